The Kier molecular flexibility index (Phi) is 7.99. The van der Waals surface area contributed by atoms with E-state index in [-0.39, 0.29) is 24.0 Å². The molecule has 1 aliphatic carbocycles. The van der Waals surface area contributed by atoms with Gasteiger partial charge in [-0.05, 0) is 55.7 Å². The number of benzene rings is 2. The second-order valence-corrected chi connectivity index (χ2v) is 8.51. The molecule has 6 nitrogen and oxygen atoms in total. The summed E-state index contributed by atoms with van der Waals surface area (Å²) in [6.45, 7) is 1.82. The first kappa shape index (κ1) is 23.9. The lowest BCUT2D eigenvalue weighted by Gasteiger charge is -2.36. The minimum absolute atomic E-state index is 0.0205. The molecule has 0 saturated carbocycles. The molecule has 0 heterocycles. The summed E-state index contributed by atoms with van der Waals surface area (Å²) < 4.78 is 23.9. The van der Waals surface area contributed by atoms with Crippen molar-refractivity contribution in [3.63, 3.8) is 0 Å². The summed E-state index contributed by atoms with van der Waals surface area (Å²) in [6.07, 6.45) is 3.09. The standard InChI is InChI=1S/C23H23Cl2FN2O4/c1-23(28-22(30)31-9-3-5-15-4-2-6-16(24)10-15)12-17(13-23)27-21(29)14-32-18-7-8-19(25)20(26)11-18/h2,4,6-8,10-12H,3,5,9,13-14H2,1H3,(H,27,29)(H,28,30). The fourth-order valence-corrected chi connectivity index (χ4v) is 3.58. The van der Waals surface area contributed by atoms with E-state index in [1.165, 1.54) is 12.1 Å². The Morgan fingerprint density at radius 1 is 1.19 bits per heavy atom. The smallest absolute Gasteiger partial charge is 0.407 e. The van der Waals surface area contributed by atoms with Crippen molar-refractivity contribution in [3.8, 4) is 5.75 Å². The van der Waals surface area contributed by atoms with E-state index in [1.807, 2.05) is 31.2 Å². The van der Waals surface area contributed by atoms with E-state index in [0.29, 0.717) is 23.6 Å². The first-order valence-corrected chi connectivity index (χ1v) is 10.8. The highest BCUT2D eigenvalue weighted by Crippen LogP contribution is 2.28. The lowest BCUT2D eigenvalue weighted by atomic mass is 9.84. The largest absolute Gasteiger partial charge is 0.484 e. The topological polar surface area (TPSA) is 76.7 Å². The molecular formula is C23H23Cl2FN2O4. The van der Waals surface area contributed by atoms with Gasteiger partial charge in [-0.25, -0.2) is 9.18 Å². The summed E-state index contributed by atoms with van der Waals surface area (Å²) in [5, 5.41) is 6.13. The van der Waals surface area contributed by atoms with E-state index >= 15 is 0 Å². The van der Waals surface area contributed by atoms with Crippen LogP contribution >= 0.6 is 23.2 Å². The third-order valence-electron chi connectivity index (χ3n) is 4.73. The van der Waals surface area contributed by atoms with Gasteiger partial charge in [0.2, 0.25) is 0 Å². The number of nitrogens with one attached hydrogen (secondary N) is 2. The first-order valence-electron chi connectivity index (χ1n) is 10.0. The molecule has 0 bridgehead atoms. The zero-order valence-electron chi connectivity index (χ0n) is 17.4. The minimum atomic E-state index is -0.621. The Balaban J connectivity index is 1.34. The molecule has 0 spiro atoms. The van der Waals surface area contributed by atoms with Crippen molar-refractivity contribution in [1.82, 2.24) is 10.6 Å². The van der Waals surface area contributed by atoms with Crippen LogP contribution in [0.15, 0.2) is 54.2 Å². The van der Waals surface area contributed by atoms with Crippen LogP contribution in [0.25, 0.3) is 0 Å². The number of ether oxygens (including phenoxy) is 2. The summed E-state index contributed by atoms with van der Waals surface area (Å²) >= 11 is 11.6. The number of carbonyl (C=O) groups excluding carboxylic acids is 2. The zero-order chi connectivity index (χ0) is 23.1. The number of carbonyl (C=O) groups is 2. The summed E-state index contributed by atoms with van der Waals surface area (Å²) in [5.41, 5.74) is 1.14. The fourth-order valence-electron chi connectivity index (χ4n) is 3.25. The molecule has 2 N–H and O–H groups in total. The van der Waals surface area contributed by atoms with Crippen LogP contribution in [0.2, 0.25) is 10.0 Å². The molecule has 1 atom stereocenters. The molecule has 2 aromatic carbocycles. The number of hydrogen-bond donors (Lipinski definition) is 2. The molecule has 9 heteroatoms. The van der Waals surface area contributed by atoms with E-state index < -0.39 is 23.4 Å². The average molecular weight is 481 g/mol. The fraction of sp³-hybridized carbons (Fsp3) is 0.304. The van der Waals surface area contributed by atoms with Gasteiger partial charge in [-0.3, -0.25) is 4.79 Å². The maximum Gasteiger partial charge on any atom is 0.407 e. The van der Waals surface area contributed by atoms with Crippen molar-refractivity contribution in [2.75, 3.05) is 13.2 Å². The van der Waals surface area contributed by atoms with Crippen molar-refractivity contribution in [2.45, 2.75) is 31.7 Å². The Morgan fingerprint density at radius 3 is 2.69 bits per heavy atom. The second-order valence-electron chi connectivity index (χ2n) is 7.67. The number of halogens is 3. The van der Waals surface area contributed by atoms with Crippen LogP contribution in [0.5, 0.6) is 5.75 Å². The second kappa shape index (κ2) is 10.7. The molecule has 2 aromatic rings. The van der Waals surface area contributed by atoms with Gasteiger partial charge in [0.25, 0.3) is 5.91 Å². The monoisotopic (exact) mass is 480 g/mol. The number of hydrogen-bond acceptors (Lipinski definition) is 4. The predicted molar refractivity (Wildman–Crippen MR) is 120 cm³/mol. The Hall–Kier alpha value is -2.77. The molecule has 0 saturated heterocycles. The van der Waals surface area contributed by atoms with Gasteiger partial charge >= 0.3 is 6.09 Å². The van der Waals surface area contributed by atoms with Gasteiger partial charge in [-0.1, -0.05) is 35.3 Å². The van der Waals surface area contributed by atoms with Crippen LogP contribution < -0.4 is 15.4 Å². The van der Waals surface area contributed by atoms with E-state index in [1.54, 1.807) is 6.08 Å². The molecule has 1 aliphatic rings. The lowest BCUT2D eigenvalue weighted by Crippen LogP contribution is -2.52. The van der Waals surface area contributed by atoms with E-state index in [2.05, 4.69) is 10.6 Å². The van der Waals surface area contributed by atoms with E-state index in [4.69, 9.17) is 32.7 Å². The predicted octanol–water partition coefficient (Wildman–Crippen LogP) is 5.03. The molecule has 3 rings (SSSR count). The quantitative estimate of drug-likeness (QED) is 0.493. The van der Waals surface area contributed by atoms with Crippen molar-refractivity contribution in [3.05, 3.63) is 75.7 Å². The number of alkyl carbamates (subject to hydrolysis) is 1. The van der Waals surface area contributed by atoms with Gasteiger partial charge in [0.05, 0.1) is 17.2 Å². The highest BCUT2D eigenvalue weighted by molar-refractivity contribution is 6.31. The van der Waals surface area contributed by atoms with Crippen LogP contribution in [0, 0.1) is 5.82 Å². The van der Waals surface area contributed by atoms with Gasteiger partial charge in [0.15, 0.2) is 6.61 Å². The van der Waals surface area contributed by atoms with Crippen LogP contribution in [-0.4, -0.2) is 30.8 Å². The Labute approximate surface area is 195 Å². The highest BCUT2D eigenvalue weighted by atomic mass is 35.5. The maximum atomic E-state index is 13.4. The molecule has 1 unspecified atom stereocenters. The summed E-state index contributed by atoms with van der Waals surface area (Å²) in [4.78, 5) is 24.0. The van der Waals surface area contributed by atoms with Crippen molar-refractivity contribution >= 4 is 35.2 Å². The Bertz CT molecular complexity index is 1030. The van der Waals surface area contributed by atoms with Gasteiger partial charge < -0.3 is 20.1 Å². The van der Waals surface area contributed by atoms with E-state index in [9.17, 15) is 14.0 Å². The van der Waals surface area contributed by atoms with Crippen LogP contribution in [0.4, 0.5) is 9.18 Å². The molecule has 0 fully saturated rings. The SMILES string of the molecule is CC1(NC(=O)OCCCc2cccc(Cl)c2)C=C(NC(=O)COc2ccc(Cl)c(F)c2)C1. The molecule has 0 aromatic heterocycles. The molecule has 32 heavy (non-hydrogen) atoms. The lowest BCUT2D eigenvalue weighted by molar-refractivity contribution is -0.122. The van der Waals surface area contributed by atoms with Crippen molar-refractivity contribution < 1.29 is 23.5 Å². The number of amides is 2. The molecule has 170 valence electrons. The highest BCUT2D eigenvalue weighted by Gasteiger charge is 2.34. The van der Waals surface area contributed by atoms with Gasteiger partial charge in [-0.15, -0.1) is 0 Å². The number of aryl methyl sites for hydroxylation is 1. The van der Waals surface area contributed by atoms with Crippen molar-refractivity contribution in [2.24, 2.45) is 0 Å². The normalized spacial score (nSPS) is 17.1. The maximum absolute atomic E-state index is 13.4. The van der Waals surface area contributed by atoms with Crippen LogP contribution in [0.1, 0.15) is 25.3 Å². The van der Waals surface area contributed by atoms with Crippen LogP contribution in [-0.2, 0) is 16.0 Å². The number of rotatable bonds is 9. The average Bonchev–Trinajstić information content (AvgIpc) is 2.71. The first-order chi connectivity index (χ1) is 15.2. The zero-order valence-corrected chi connectivity index (χ0v) is 18.9. The summed E-state index contributed by atoms with van der Waals surface area (Å²) in [7, 11) is 0. The third kappa shape index (κ3) is 7.14. The van der Waals surface area contributed by atoms with Gasteiger partial charge in [-0.2, -0.15) is 0 Å². The molecule has 0 radical (unpaired) electrons. The van der Waals surface area contributed by atoms with Gasteiger partial charge in [0.1, 0.15) is 11.6 Å². The minimum Gasteiger partial charge on any atom is -0.484 e. The van der Waals surface area contributed by atoms with Crippen molar-refractivity contribution in [1.29, 1.82) is 0 Å². The molecular weight excluding hydrogens is 458 g/mol. The third-order valence-corrected chi connectivity index (χ3v) is 5.27. The summed E-state index contributed by atoms with van der Waals surface area (Å²) in [5.74, 6) is -0.809. The summed E-state index contributed by atoms with van der Waals surface area (Å²) in [6, 6.07) is 11.5. The Morgan fingerprint density at radius 2 is 1.97 bits per heavy atom. The van der Waals surface area contributed by atoms with E-state index in [0.717, 1.165) is 18.1 Å². The molecule has 0 aliphatic heterocycles. The molecule has 2 amide bonds. The van der Waals surface area contributed by atoms with Gasteiger partial charge in [0, 0.05) is 23.2 Å². The van der Waals surface area contributed by atoms with Crippen LogP contribution in [0.3, 0.4) is 0 Å².